The van der Waals surface area contributed by atoms with Crippen LogP contribution < -0.4 is 0 Å². The summed E-state index contributed by atoms with van der Waals surface area (Å²) < 4.78 is 0. The van der Waals surface area contributed by atoms with Crippen LogP contribution in [0.25, 0.3) is 21.9 Å². The molecule has 1 saturated heterocycles. The molecule has 2 aromatic heterocycles. The molecule has 1 N–H and O–H groups in total. The molecule has 1 aliphatic rings. The van der Waals surface area contributed by atoms with Crippen LogP contribution in [0.3, 0.4) is 0 Å². The molecule has 156 valence electrons. The molecule has 6 heteroatoms. The second-order valence-electron chi connectivity index (χ2n) is 7.97. The predicted octanol–water partition coefficient (Wildman–Crippen LogP) is 3.97. The summed E-state index contributed by atoms with van der Waals surface area (Å²) in [6.45, 7) is 4.19. The van der Waals surface area contributed by atoms with Gasteiger partial charge in [-0.25, -0.2) is 0 Å². The Morgan fingerprint density at radius 2 is 1.97 bits per heavy atom. The van der Waals surface area contributed by atoms with E-state index in [0.29, 0.717) is 0 Å². The smallest absolute Gasteiger partial charge is 0.253 e. The van der Waals surface area contributed by atoms with Gasteiger partial charge in [0.25, 0.3) is 5.91 Å². The third kappa shape index (κ3) is 4.20. The molecule has 4 aromatic rings. The van der Waals surface area contributed by atoms with Crippen LogP contribution in [0.5, 0.6) is 0 Å². The van der Waals surface area contributed by atoms with Gasteiger partial charge in [0, 0.05) is 56.2 Å². The molecule has 1 fully saturated rings. The third-order valence-electron chi connectivity index (χ3n) is 5.92. The third-order valence-corrected chi connectivity index (χ3v) is 5.92. The molecule has 5 rings (SSSR count). The number of pyridine rings is 1. The summed E-state index contributed by atoms with van der Waals surface area (Å²) in [6.07, 6.45) is 6.51. The first-order valence-electron chi connectivity index (χ1n) is 10.7. The summed E-state index contributed by atoms with van der Waals surface area (Å²) in [5.74, 6) is 0.107. The lowest BCUT2D eigenvalue weighted by atomic mass is 9.98. The molecule has 2 aromatic carbocycles. The Morgan fingerprint density at radius 1 is 1.00 bits per heavy atom. The van der Waals surface area contributed by atoms with E-state index in [9.17, 15) is 4.79 Å². The molecule has 0 aliphatic carbocycles. The maximum Gasteiger partial charge on any atom is 0.253 e. The minimum atomic E-state index is 0.107. The van der Waals surface area contributed by atoms with Gasteiger partial charge in [0.1, 0.15) is 0 Å². The molecule has 0 bridgehead atoms. The van der Waals surface area contributed by atoms with Gasteiger partial charge in [-0.15, -0.1) is 0 Å². The van der Waals surface area contributed by atoms with Crippen LogP contribution in [-0.4, -0.2) is 57.1 Å². The van der Waals surface area contributed by atoms with E-state index in [-0.39, 0.29) is 5.91 Å². The Hall–Kier alpha value is -3.51. The minimum Gasteiger partial charge on any atom is -0.337 e. The van der Waals surface area contributed by atoms with Crippen LogP contribution in [0.2, 0.25) is 0 Å². The minimum absolute atomic E-state index is 0.107. The van der Waals surface area contributed by atoms with Crippen molar-refractivity contribution in [2.75, 3.05) is 26.2 Å². The van der Waals surface area contributed by atoms with Gasteiger partial charge in [-0.05, 0) is 47.0 Å². The van der Waals surface area contributed by atoms with Crippen molar-refractivity contribution in [2.24, 2.45) is 0 Å². The number of rotatable bonds is 4. The highest BCUT2D eigenvalue weighted by molar-refractivity contribution is 6.02. The normalized spacial score (nSPS) is 15.2. The summed E-state index contributed by atoms with van der Waals surface area (Å²) >= 11 is 0. The van der Waals surface area contributed by atoms with Crippen molar-refractivity contribution >= 4 is 16.7 Å². The van der Waals surface area contributed by atoms with Crippen LogP contribution in [0.15, 0.2) is 73.2 Å². The number of carbonyl (C=O) groups excluding carboxylic acids is 1. The molecule has 6 nitrogen and oxygen atoms in total. The lowest BCUT2D eigenvalue weighted by molar-refractivity contribution is 0.0761. The number of amides is 1. The standard InChI is InChI=1S/C25H25N5O/c31-25(30-12-4-11-29(13-14-30)18-22-6-1-2-10-26-22)20-8-9-24-19(15-20)5-3-7-23(24)21-16-27-28-17-21/h1-3,5-10,15-17H,4,11-14,18H2,(H,27,28). The van der Waals surface area contributed by atoms with E-state index in [1.165, 1.54) is 0 Å². The lowest BCUT2D eigenvalue weighted by Gasteiger charge is -2.22. The first-order chi connectivity index (χ1) is 15.3. The molecular weight excluding hydrogens is 386 g/mol. The van der Waals surface area contributed by atoms with Gasteiger partial charge in [0.2, 0.25) is 0 Å². The van der Waals surface area contributed by atoms with Crippen LogP contribution >= 0.6 is 0 Å². The zero-order chi connectivity index (χ0) is 21.0. The van der Waals surface area contributed by atoms with Crippen molar-refractivity contribution in [1.82, 2.24) is 25.0 Å². The summed E-state index contributed by atoms with van der Waals surface area (Å²) in [7, 11) is 0. The maximum atomic E-state index is 13.3. The molecule has 1 amide bonds. The first kappa shape index (κ1) is 19.5. The average molecular weight is 412 g/mol. The second kappa shape index (κ2) is 8.70. The molecular formula is C25H25N5O. The monoisotopic (exact) mass is 411 g/mol. The van der Waals surface area contributed by atoms with Crippen molar-refractivity contribution in [1.29, 1.82) is 0 Å². The molecule has 0 spiro atoms. The molecule has 0 atom stereocenters. The SMILES string of the molecule is O=C(c1ccc2c(-c3cn[nH]c3)cccc2c1)N1CCCN(Cc2ccccn2)CC1. The number of H-pyrrole nitrogens is 1. The van der Waals surface area contributed by atoms with Gasteiger partial charge >= 0.3 is 0 Å². The topological polar surface area (TPSA) is 65.1 Å². The quantitative estimate of drug-likeness (QED) is 0.552. The average Bonchev–Trinajstić information content (AvgIpc) is 3.25. The number of carbonyl (C=O) groups is 1. The van der Waals surface area contributed by atoms with Crippen molar-refractivity contribution in [3.63, 3.8) is 0 Å². The Morgan fingerprint density at radius 3 is 2.81 bits per heavy atom. The van der Waals surface area contributed by atoms with E-state index in [2.05, 4.69) is 44.3 Å². The van der Waals surface area contributed by atoms with Crippen LogP contribution in [-0.2, 0) is 6.54 Å². The van der Waals surface area contributed by atoms with Crippen molar-refractivity contribution in [3.05, 3.63) is 84.4 Å². The fraction of sp³-hybridized carbons (Fsp3) is 0.240. The molecule has 3 heterocycles. The van der Waals surface area contributed by atoms with Crippen LogP contribution in [0, 0.1) is 0 Å². The fourth-order valence-electron chi connectivity index (χ4n) is 4.30. The number of nitrogens with one attached hydrogen (secondary N) is 1. The summed E-state index contributed by atoms with van der Waals surface area (Å²) in [4.78, 5) is 22.1. The number of benzene rings is 2. The zero-order valence-electron chi connectivity index (χ0n) is 17.4. The van der Waals surface area contributed by atoms with Crippen molar-refractivity contribution in [2.45, 2.75) is 13.0 Å². The Bertz CT molecular complexity index is 1170. The molecule has 31 heavy (non-hydrogen) atoms. The summed E-state index contributed by atoms with van der Waals surface area (Å²) in [6, 6.07) is 18.2. The van der Waals surface area contributed by atoms with Gasteiger partial charge in [-0.1, -0.05) is 30.3 Å². The van der Waals surface area contributed by atoms with Crippen LogP contribution in [0.1, 0.15) is 22.5 Å². The Kier molecular flexibility index (Phi) is 5.46. The zero-order valence-corrected chi connectivity index (χ0v) is 17.4. The van der Waals surface area contributed by atoms with E-state index < -0.39 is 0 Å². The summed E-state index contributed by atoms with van der Waals surface area (Å²) in [5.41, 5.74) is 3.98. The van der Waals surface area contributed by atoms with Gasteiger partial charge in [-0.2, -0.15) is 5.10 Å². The first-order valence-corrected chi connectivity index (χ1v) is 10.7. The highest BCUT2D eigenvalue weighted by atomic mass is 16.2. The van der Waals surface area contributed by atoms with E-state index in [1.54, 1.807) is 0 Å². The van der Waals surface area contributed by atoms with E-state index in [0.717, 1.165) is 72.3 Å². The Balaban J connectivity index is 1.32. The van der Waals surface area contributed by atoms with E-state index >= 15 is 0 Å². The lowest BCUT2D eigenvalue weighted by Crippen LogP contribution is -2.35. The van der Waals surface area contributed by atoms with Gasteiger partial charge in [-0.3, -0.25) is 19.8 Å². The van der Waals surface area contributed by atoms with Crippen molar-refractivity contribution < 1.29 is 4.79 Å². The van der Waals surface area contributed by atoms with Crippen LogP contribution in [0.4, 0.5) is 0 Å². The van der Waals surface area contributed by atoms with Gasteiger partial charge in [0.15, 0.2) is 0 Å². The Labute approximate surface area is 181 Å². The number of hydrogen-bond acceptors (Lipinski definition) is 4. The number of aromatic nitrogens is 3. The number of aromatic amines is 1. The number of fused-ring (bicyclic) bond motifs is 1. The van der Waals surface area contributed by atoms with E-state index in [1.807, 2.05) is 53.8 Å². The highest BCUT2D eigenvalue weighted by Crippen LogP contribution is 2.29. The molecule has 0 unspecified atom stereocenters. The molecule has 0 saturated carbocycles. The number of hydrogen-bond donors (Lipinski definition) is 1. The molecule has 0 radical (unpaired) electrons. The fourth-order valence-corrected chi connectivity index (χ4v) is 4.30. The van der Waals surface area contributed by atoms with Gasteiger partial charge in [0.05, 0.1) is 11.9 Å². The highest BCUT2D eigenvalue weighted by Gasteiger charge is 2.21. The predicted molar refractivity (Wildman–Crippen MR) is 122 cm³/mol. The second-order valence-corrected chi connectivity index (χ2v) is 7.97. The van der Waals surface area contributed by atoms with Crippen molar-refractivity contribution in [3.8, 4) is 11.1 Å². The largest absolute Gasteiger partial charge is 0.337 e. The van der Waals surface area contributed by atoms with Gasteiger partial charge < -0.3 is 4.90 Å². The maximum absolute atomic E-state index is 13.3. The number of nitrogens with zero attached hydrogens (tertiary/aromatic N) is 4. The van der Waals surface area contributed by atoms with E-state index in [4.69, 9.17) is 0 Å². The molecule has 1 aliphatic heterocycles. The summed E-state index contributed by atoms with van der Waals surface area (Å²) in [5, 5.41) is 9.12.